The molecule has 2 aromatic rings. The van der Waals surface area contributed by atoms with Crippen LogP contribution in [0.2, 0.25) is 5.02 Å². The number of nitrogens with zero attached hydrogens (tertiary/aromatic N) is 1. The summed E-state index contributed by atoms with van der Waals surface area (Å²) in [7, 11) is 4.94. The van der Waals surface area contributed by atoms with Gasteiger partial charge in [-0.2, -0.15) is 0 Å². The summed E-state index contributed by atoms with van der Waals surface area (Å²) in [5.74, 6) is 3.17. The molecule has 36 heavy (non-hydrogen) atoms. The summed E-state index contributed by atoms with van der Waals surface area (Å²) in [6, 6.07) is 8.72. The Kier molecular flexibility index (Phi) is 12.4. The predicted molar refractivity (Wildman–Crippen MR) is 139 cm³/mol. The summed E-state index contributed by atoms with van der Waals surface area (Å²) in [5.41, 5.74) is 3.00. The van der Waals surface area contributed by atoms with Crippen molar-refractivity contribution in [2.45, 2.75) is 32.7 Å². The number of hydrogen-bond donors (Lipinski definition) is 2. The Hall–Kier alpha value is -2.96. The van der Waals surface area contributed by atoms with Crippen molar-refractivity contribution < 1.29 is 28.8 Å². The van der Waals surface area contributed by atoms with Gasteiger partial charge in [-0.15, -0.1) is 0 Å². The van der Waals surface area contributed by atoms with Crippen molar-refractivity contribution >= 4 is 17.5 Å². The van der Waals surface area contributed by atoms with E-state index in [1.165, 1.54) is 14.2 Å². The third-order valence-electron chi connectivity index (χ3n) is 5.72. The van der Waals surface area contributed by atoms with E-state index in [0.29, 0.717) is 23.6 Å². The molecule has 0 aromatic heterocycles. The van der Waals surface area contributed by atoms with Crippen LogP contribution in [0.25, 0.3) is 0 Å². The van der Waals surface area contributed by atoms with Gasteiger partial charge in [0.1, 0.15) is 17.6 Å². The first-order valence-electron chi connectivity index (χ1n) is 11.7. The van der Waals surface area contributed by atoms with Crippen molar-refractivity contribution in [3.05, 3.63) is 57.6 Å². The molecule has 2 N–H and O–H groups in total. The van der Waals surface area contributed by atoms with Crippen LogP contribution in [0.4, 0.5) is 0 Å². The standard InChI is InChI=1S/C24H26ClNO6.C3H9N/c1-16-17(9-11-27)6-4-7-18(16)21-8-5-10-26(21)24(28)19-12-20(25)23(32-15-30-3)13-22(19)31-14-29-2;1-3-4-2/h4,6-7,12-13,21,27H,5,8,10,14-15H2,1-3H3;4H,3H2,1-2H3. The van der Waals surface area contributed by atoms with Crippen LogP contribution >= 0.6 is 11.6 Å². The lowest BCUT2D eigenvalue weighted by Crippen LogP contribution is -2.31. The first-order valence-corrected chi connectivity index (χ1v) is 12.1. The lowest BCUT2D eigenvalue weighted by molar-refractivity contribution is 0.0448. The lowest BCUT2D eigenvalue weighted by atomic mass is 9.95. The van der Waals surface area contributed by atoms with Crippen LogP contribution in [0.5, 0.6) is 11.5 Å². The Bertz CT molecular complexity index is 1060. The minimum atomic E-state index is -0.197. The summed E-state index contributed by atoms with van der Waals surface area (Å²) < 4.78 is 21.1. The van der Waals surface area contributed by atoms with Crippen LogP contribution in [0.3, 0.4) is 0 Å². The molecule has 1 amide bonds. The van der Waals surface area contributed by atoms with E-state index >= 15 is 0 Å². The highest BCUT2D eigenvalue weighted by molar-refractivity contribution is 6.32. The molecular formula is C27H35ClN2O6. The second kappa shape index (κ2) is 15.2. The number of likely N-dealkylation sites (tertiary alicyclic amines) is 1. The Balaban J connectivity index is 0.00000106. The topological polar surface area (TPSA) is 89.5 Å². The summed E-state index contributed by atoms with van der Waals surface area (Å²) in [6.07, 6.45) is 3.64. The maximum Gasteiger partial charge on any atom is 0.258 e. The van der Waals surface area contributed by atoms with Crippen molar-refractivity contribution in [2.75, 3.05) is 47.9 Å². The number of carbonyl (C=O) groups is 1. The Morgan fingerprint density at radius 2 is 1.86 bits per heavy atom. The van der Waals surface area contributed by atoms with Crippen LogP contribution < -0.4 is 14.8 Å². The molecule has 1 atom stereocenters. The van der Waals surface area contributed by atoms with E-state index < -0.39 is 0 Å². The number of amides is 1. The van der Waals surface area contributed by atoms with Crippen LogP contribution in [0.15, 0.2) is 30.3 Å². The van der Waals surface area contributed by atoms with Gasteiger partial charge in [0.25, 0.3) is 5.91 Å². The third kappa shape index (κ3) is 7.52. The fraction of sp³-hybridized carbons (Fsp3) is 0.444. The van der Waals surface area contributed by atoms with Gasteiger partial charge in [-0.3, -0.25) is 4.79 Å². The normalized spacial score (nSPS) is 14.4. The van der Waals surface area contributed by atoms with E-state index in [9.17, 15) is 4.79 Å². The molecule has 3 rings (SSSR count). The molecule has 0 bridgehead atoms. The van der Waals surface area contributed by atoms with Gasteiger partial charge in [-0.25, -0.2) is 0 Å². The van der Waals surface area contributed by atoms with Crippen molar-refractivity contribution in [1.29, 1.82) is 0 Å². The molecule has 2 aromatic carbocycles. The number of hydrogen-bond acceptors (Lipinski definition) is 7. The average Bonchev–Trinajstić information content (AvgIpc) is 3.37. The van der Waals surface area contributed by atoms with Crippen molar-refractivity contribution in [3.63, 3.8) is 0 Å². The summed E-state index contributed by atoms with van der Waals surface area (Å²) in [6.45, 7) is 5.66. The van der Waals surface area contributed by atoms with Gasteiger partial charge in [-0.1, -0.05) is 30.7 Å². The van der Waals surface area contributed by atoms with Crippen LogP contribution in [0.1, 0.15) is 52.9 Å². The van der Waals surface area contributed by atoms with Crippen LogP contribution in [-0.4, -0.2) is 63.9 Å². The predicted octanol–water partition coefficient (Wildman–Crippen LogP) is 4.50. The number of methoxy groups -OCH3 is 2. The molecular weight excluding hydrogens is 484 g/mol. The first kappa shape index (κ1) is 29.3. The highest BCUT2D eigenvalue weighted by Crippen LogP contribution is 2.39. The molecule has 8 nitrogen and oxygen atoms in total. The van der Waals surface area contributed by atoms with Crippen LogP contribution in [-0.2, 0) is 9.47 Å². The number of nitrogens with one attached hydrogen (secondary N) is 1. The number of halogens is 1. The Morgan fingerprint density at radius 3 is 2.47 bits per heavy atom. The first-order chi connectivity index (χ1) is 17.4. The minimum absolute atomic E-state index is 0.0112. The monoisotopic (exact) mass is 518 g/mol. The van der Waals surface area contributed by atoms with Gasteiger partial charge < -0.3 is 34.3 Å². The molecule has 1 unspecified atom stereocenters. The van der Waals surface area contributed by atoms with Crippen molar-refractivity contribution in [2.24, 2.45) is 0 Å². The molecule has 196 valence electrons. The molecule has 9 heteroatoms. The molecule has 0 aliphatic carbocycles. The number of rotatable bonds is 9. The number of aliphatic hydroxyl groups excluding tert-OH is 1. The molecule has 1 fully saturated rings. The maximum atomic E-state index is 13.6. The van der Waals surface area contributed by atoms with Crippen molar-refractivity contribution in [3.8, 4) is 23.5 Å². The smallest absolute Gasteiger partial charge is 0.258 e. The third-order valence-corrected chi connectivity index (χ3v) is 6.02. The van der Waals surface area contributed by atoms with Gasteiger partial charge in [-0.05, 0) is 62.5 Å². The van der Waals surface area contributed by atoms with Gasteiger partial charge in [0.05, 0.1) is 16.6 Å². The molecule has 0 saturated carbocycles. The molecule has 0 spiro atoms. The lowest BCUT2D eigenvalue weighted by Gasteiger charge is -2.27. The summed E-state index contributed by atoms with van der Waals surface area (Å²) in [4.78, 5) is 15.4. The second-order valence-corrected chi connectivity index (χ2v) is 8.41. The fourth-order valence-corrected chi connectivity index (χ4v) is 4.09. The van der Waals surface area contributed by atoms with E-state index in [1.807, 2.05) is 43.2 Å². The minimum Gasteiger partial charge on any atom is -0.467 e. The maximum absolute atomic E-state index is 13.6. The summed E-state index contributed by atoms with van der Waals surface area (Å²) in [5, 5.41) is 12.2. The summed E-state index contributed by atoms with van der Waals surface area (Å²) >= 11 is 6.38. The molecule has 1 heterocycles. The average molecular weight is 519 g/mol. The fourth-order valence-electron chi connectivity index (χ4n) is 3.87. The van der Waals surface area contributed by atoms with Gasteiger partial charge >= 0.3 is 0 Å². The Morgan fingerprint density at radius 1 is 1.19 bits per heavy atom. The number of ether oxygens (including phenoxy) is 4. The van der Waals surface area contributed by atoms with E-state index in [0.717, 1.165) is 36.1 Å². The SMILES string of the molecule is CCNC.COCOc1cc(OCOC)c(C(=O)N2CCCC2c2cccc(C#CO)c2C)cc1Cl. The highest BCUT2D eigenvalue weighted by atomic mass is 35.5. The van der Waals surface area contributed by atoms with Gasteiger partial charge in [0.15, 0.2) is 13.6 Å². The Labute approximate surface area is 218 Å². The van der Waals surface area contributed by atoms with Crippen molar-refractivity contribution in [1.82, 2.24) is 10.2 Å². The molecule has 1 aliphatic rings. The zero-order chi connectivity index (χ0) is 26.5. The van der Waals surface area contributed by atoms with Gasteiger partial charge in [0, 0.05) is 32.4 Å². The molecule has 0 radical (unpaired) electrons. The number of benzene rings is 2. The zero-order valence-corrected chi connectivity index (χ0v) is 22.3. The van der Waals surface area contributed by atoms with E-state index in [1.54, 1.807) is 12.1 Å². The number of carbonyl (C=O) groups excluding carboxylic acids is 1. The second-order valence-electron chi connectivity index (χ2n) is 8.00. The van der Waals surface area contributed by atoms with Gasteiger partial charge in [0.2, 0.25) is 0 Å². The van der Waals surface area contributed by atoms with E-state index in [2.05, 4.69) is 18.2 Å². The van der Waals surface area contributed by atoms with Crippen LogP contribution in [0, 0.1) is 19.0 Å². The number of aliphatic hydroxyl groups is 1. The van der Waals surface area contributed by atoms with E-state index in [4.69, 9.17) is 35.7 Å². The highest BCUT2D eigenvalue weighted by Gasteiger charge is 2.33. The van der Waals surface area contributed by atoms with E-state index in [-0.39, 0.29) is 30.6 Å². The largest absolute Gasteiger partial charge is 0.467 e. The molecule has 1 aliphatic heterocycles. The quantitative estimate of drug-likeness (QED) is 0.373. The molecule has 1 saturated heterocycles. The zero-order valence-electron chi connectivity index (χ0n) is 21.5.